The van der Waals surface area contributed by atoms with Crippen LogP contribution in [0.25, 0.3) is 21.8 Å². The fourth-order valence-corrected chi connectivity index (χ4v) is 2.00. The van der Waals surface area contributed by atoms with Crippen LogP contribution in [0.3, 0.4) is 0 Å². The maximum atomic E-state index is 10.7. The zero-order valence-electron chi connectivity index (χ0n) is 8.40. The second-order valence-electron chi connectivity index (χ2n) is 3.67. The first kappa shape index (κ1) is 8.90. The highest BCUT2D eigenvalue weighted by Crippen LogP contribution is 2.40. The predicted octanol–water partition coefficient (Wildman–Crippen LogP) is 2.46. The van der Waals surface area contributed by atoms with Gasteiger partial charge in [-0.2, -0.15) is 0 Å². The van der Waals surface area contributed by atoms with E-state index < -0.39 is 0 Å². The molecule has 3 aromatic rings. The average Bonchev–Trinajstić information content (AvgIpc) is 2.81. The van der Waals surface area contributed by atoms with Crippen molar-refractivity contribution in [2.24, 2.45) is 5.18 Å². The maximum Gasteiger partial charge on any atom is 0.242 e. The Labute approximate surface area is 89.3 Å². The van der Waals surface area contributed by atoms with Gasteiger partial charge in [-0.25, -0.2) is 4.98 Å². The average molecular weight is 216 g/mol. The van der Waals surface area contributed by atoms with Crippen LogP contribution in [0, 0.1) is 11.8 Å². The molecule has 0 bridgehead atoms. The van der Waals surface area contributed by atoms with Gasteiger partial charge in [0, 0.05) is 11.6 Å². The van der Waals surface area contributed by atoms with Gasteiger partial charge in [-0.15, -0.1) is 4.91 Å². The van der Waals surface area contributed by atoms with Gasteiger partial charge in [-0.1, -0.05) is 0 Å². The molecule has 0 aliphatic heterocycles. The van der Waals surface area contributed by atoms with Crippen molar-refractivity contribution in [3.05, 3.63) is 22.7 Å². The summed E-state index contributed by atoms with van der Waals surface area (Å²) in [5.41, 5.74) is 2.19. The summed E-state index contributed by atoms with van der Waals surface area (Å²) < 4.78 is 0. The largest absolute Gasteiger partial charge is 0.492 e. The van der Waals surface area contributed by atoms with Crippen molar-refractivity contribution < 1.29 is 5.11 Å². The Morgan fingerprint density at radius 3 is 3.06 bits per heavy atom. The van der Waals surface area contributed by atoms with E-state index in [4.69, 9.17) is 0 Å². The highest BCUT2D eigenvalue weighted by Gasteiger charge is 2.18. The summed E-state index contributed by atoms with van der Waals surface area (Å²) in [5.74, 6) is -0.324. The highest BCUT2D eigenvalue weighted by atomic mass is 16.3. The van der Waals surface area contributed by atoms with Crippen molar-refractivity contribution >= 4 is 27.5 Å². The lowest BCUT2D eigenvalue weighted by atomic mass is 10.1. The first-order valence-corrected chi connectivity index (χ1v) is 4.73. The lowest BCUT2D eigenvalue weighted by molar-refractivity contribution is 0.460. The van der Waals surface area contributed by atoms with Crippen LogP contribution in [0.4, 0.5) is 5.69 Å². The normalized spacial score (nSPS) is 11.3. The number of aryl methyl sites for hydroxylation is 1. The Morgan fingerprint density at radius 1 is 1.50 bits per heavy atom. The molecule has 0 aliphatic rings. The van der Waals surface area contributed by atoms with E-state index >= 15 is 0 Å². The molecule has 2 heterocycles. The number of nitrogens with one attached hydrogen (secondary N) is 2. The minimum atomic E-state index is -0.324. The SMILES string of the molecule is Cc1cc2c[nH][nH]c2c2c(N=O)c(O)nc12. The second-order valence-corrected chi connectivity index (χ2v) is 3.67. The van der Waals surface area contributed by atoms with E-state index in [9.17, 15) is 10.0 Å². The van der Waals surface area contributed by atoms with Gasteiger partial charge in [0.2, 0.25) is 5.88 Å². The van der Waals surface area contributed by atoms with Crippen molar-refractivity contribution in [2.75, 3.05) is 0 Å². The molecular weight excluding hydrogens is 208 g/mol. The molecule has 0 atom stereocenters. The number of nitrogens with zero attached hydrogens (tertiary/aromatic N) is 2. The second kappa shape index (κ2) is 2.82. The number of nitroso groups, excluding NO2 is 1. The third-order valence-electron chi connectivity index (χ3n) is 2.70. The molecule has 0 spiro atoms. The van der Waals surface area contributed by atoms with E-state index in [1.807, 2.05) is 13.0 Å². The van der Waals surface area contributed by atoms with Crippen LogP contribution in [0.2, 0.25) is 0 Å². The summed E-state index contributed by atoms with van der Waals surface area (Å²) in [5, 5.41) is 19.6. The van der Waals surface area contributed by atoms with E-state index in [-0.39, 0.29) is 11.6 Å². The van der Waals surface area contributed by atoms with Crippen LogP contribution in [0.1, 0.15) is 5.56 Å². The van der Waals surface area contributed by atoms with Crippen LogP contribution in [-0.4, -0.2) is 20.3 Å². The summed E-state index contributed by atoms with van der Waals surface area (Å²) in [6.45, 7) is 1.87. The fraction of sp³-hybridized carbons (Fsp3) is 0.100. The highest BCUT2D eigenvalue weighted by molar-refractivity contribution is 6.12. The summed E-state index contributed by atoms with van der Waals surface area (Å²) in [7, 11) is 0. The summed E-state index contributed by atoms with van der Waals surface area (Å²) in [6, 6.07) is 1.92. The number of fused-ring (bicyclic) bond motifs is 3. The van der Waals surface area contributed by atoms with Gasteiger partial charge < -0.3 is 10.2 Å². The molecule has 2 aromatic heterocycles. The minimum absolute atomic E-state index is 0.0143. The lowest BCUT2D eigenvalue weighted by Gasteiger charge is -1.96. The molecule has 0 saturated carbocycles. The van der Waals surface area contributed by atoms with Crippen molar-refractivity contribution in [3.63, 3.8) is 0 Å². The molecule has 0 fully saturated rings. The Kier molecular flexibility index (Phi) is 1.57. The van der Waals surface area contributed by atoms with E-state index in [0.717, 1.165) is 16.5 Å². The molecule has 0 amide bonds. The Morgan fingerprint density at radius 2 is 2.31 bits per heavy atom. The van der Waals surface area contributed by atoms with Crippen molar-refractivity contribution in [1.29, 1.82) is 0 Å². The monoisotopic (exact) mass is 216 g/mol. The molecule has 0 aliphatic carbocycles. The molecule has 6 heteroatoms. The van der Waals surface area contributed by atoms with Gasteiger partial charge in [0.25, 0.3) is 0 Å². The molecular formula is C10H8N4O2. The molecule has 6 nitrogen and oxygen atoms in total. The number of rotatable bonds is 1. The van der Waals surface area contributed by atoms with E-state index in [2.05, 4.69) is 20.4 Å². The topological polar surface area (TPSA) is 94.1 Å². The van der Waals surface area contributed by atoms with Crippen LogP contribution < -0.4 is 0 Å². The smallest absolute Gasteiger partial charge is 0.242 e. The van der Waals surface area contributed by atoms with E-state index in [0.29, 0.717) is 10.9 Å². The number of hydrogen-bond acceptors (Lipinski definition) is 4. The van der Waals surface area contributed by atoms with Crippen LogP contribution in [0.15, 0.2) is 17.4 Å². The molecule has 16 heavy (non-hydrogen) atoms. The Bertz CT molecular complexity index is 710. The first-order chi connectivity index (χ1) is 7.72. The summed E-state index contributed by atoms with van der Waals surface area (Å²) in [6.07, 6.45) is 1.78. The van der Waals surface area contributed by atoms with Gasteiger partial charge in [0.1, 0.15) is 0 Å². The fourth-order valence-electron chi connectivity index (χ4n) is 2.00. The van der Waals surface area contributed by atoms with Gasteiger partial charge in [0.15, 0.2) is 5.69 Å². The van der Waals surface area contributed by atoms with Crippen LogP contribution in [0.5, 0.6) is 5.88 Å². The van der Waals surface area contributed by atoms with Crippen LogP contribution >= 0.6 is 0 Å². The Balaban J connectivity index is 2.67. The molecule has 80 valence electrons. The van der Waals surface area contributed by atoms with E-state index in [1.165, 1.54) is 0 Å². The van der Waals surface area contributed by atoms with Gasteiger partial charge in [0.05, 0.1) is 16.4 Å². The number of aromatic hydroxyl groups is 1. The minimum Gasteiger partial charge on any atom is -0.492 e. The number of aromatic nitrogens is 3. The van der Waals surface area contributed by atoms with Gasteiger partial charge >= 0.3 is 0 Å². The molecule has 0 unspecified atom stereocenters. The summed E-state index contributed by atoms with van der Waals surface area (Å²) >= 11 is 0. The number of aromatic amines is 2. The first-order valence-electron chi connectivity index (χ1n) is 4.73. The molecule has 0 radical (unpaired) electrons. The van der Waals surface area contributed by atoms with Crippen molar-refractivity contribution in [3.8, 4) is 5.88 Å². The summed E-state index contributed by atoms with van der Waals surface area (Å²) in [4.78, 5) is 14.6. The maximum absolute atomic E-state index is 10.7. The zero-order valence-corrected chi connectivity index (χ0v) is 8.40. The lowest BCUT2D eigenvalue weighted by Crippen LogP contribution is -1.78. The Hall–Kier alpha value is -2.37. The predicted molar refractivity (Wildman–Crippen MR) is 59.8 cm³/mol. The van der Waals surface area contributed by atoms with Crippen molar-refractivity contribution in [1.82, 2.24) is 15.2 Å². The molecule has 3 N–H and O–H groups in total. The molecule has 3 rings (SSSR count). The van der Waals surface area contributed by atoms with Crippen LogP contribution in [-0.2, 0) is 0 Å². The van der Waals surface area contributed by atoms with Crippen molar-refractivity contribution in [2.45, 2.75) is 6.92 Å². The third kappa shape index (κ3) is 0.928. The molecule has 0 saturated heterocycles. The number of benzene rings is 1. The third-order valence-corrected chi connectivity index (χ3v) is 2.70. The zero-order chi connectivity index (χ0) is 11.3. The van der Waals surface area contributed by atoms with E-state index in [1.54, 1.807) is 6.20 Å². The quantitative estimate of drug-likeness (QED) is 0.545. The van der Waals surface area contributed by atoms with Gasteiger partial charge in [-0.05, 0) is 23.7 Å². The standard InChI is InChI=1S/C10H8N4O2/c1-4-2-5-3-11-13-8(5)6-7(4)12-10(15)9(6)14-16/h2-3,11,13,15H,1H3. The number of hydrogen-bond donors (Lipinski definition) is 3. The number of H-pyrrole nitrogens is 2. The van der Waals surface area contributed by atoms with Gasteiger partial charge in [-0.3, -0.25) is 5.10 Å². The molecule has 1 aromatic carbocycles.